The van der Waals surface area contributed by atoms with Crippen LogP contribution in [0.2, 0.25) is 0 Å². The number of tetrazole rings is 1. The van der Waals surface area contributed by atoms with E-state index in [0.29, 0.717) is 32.4 Å². The van der Waals surface area contributed by atoms with Crippen molar-refractivity contribution in [1.29, 1.82) is 0 Å². The summed E-state index contributed by atoms with van der Waals surface area (Å²) >= 11 is 0. The van der Waals surface area contributed by atoms with Crippen LogP contribution in [0.4, 0.5) is 38.0 Å². The molecule has 2 heterocycles. The SMILES string of the molecule is Cc1cc(C)c2c(c1)[C@@H](N(Cc1cc(C(F)(F)F)cc(C(F)(F)F)c1)c1nnn(C)n1)CCCN2C[C@@H]1CCCC[C@H]1C(=O)[O-].[Na+]. The molecule has 15 heteroatoms. The number of hydrogen-bond donors (Lipinski definition) is 0. The van der Waals surface area contributed by atoms with Gasteiger partial charge >= 0.3 is 41.9 Å². The van der Waals surface area contributed by atoms with Crippen LogP contribution >= 0.6 is 0 Å². The fraction of sp³-hybridized carbons (Fsp3) is 0.548. The largest absolute Gasteiger partial charge is 1.00 e. The van der Waals surface area contributed by atoms with Gasteiger partial charge in [0, 0.05) is 37.2 Å². The first-order valence-electron chi connectivity index (χ1n) is 15.0. The minimum atomic E-state index is -4.99. The van der Waals surface area contributed by atoms with Gasteiger partial charge in [-0.1, -0.05) is 35.6 Å². The third-order valence-corrected chi connectivity index (χ3v) is 8.85. The summed E-state index contributed by atoms with van der Waals surface area (Å²) in [6.45, 7) is 4.61. The molecule has 1 fully saturated rings. The Hall–Kier alpha value is -2.84. The number of aromatic nitrogens is 4. The molecule has 1 aliphatic carbocycles. The Labute approximate surface area is 285 Å². The second-order valence-corrected chi connectivity index (χ2v) is 12.2. The van der Waals surface area contributed by atoms with E-state index in [4.69, 9.17) is 0 Å². The number of anilines is 2. The van der Waals surface area contributed by atoms with Crippen molar-refractivity contribution in [3.63, 3.8) is 0 Å². The molecule has 46 heavy (non-hydrogen) atoms. The van der Waals surface area contributed by atoms with Crippen molar-refractivity contribution in [2.75, 3.05) is 22.9 Å². The number of nitrogens with zero attached hydrogens (tertiary/aromatic N) is 6. The van der Waals surface area contributed by atoms with E-state index in [1.807, 2.05) is 26.0 Å². The summed E-state index contributed by atoms with van der Waals surface area (Å²) in [7, 11) is 1.52. The van der Waals surface area contributed by atoms with Crippen molar-refractivity contribution < 1.29 is 65.8 Å². The first-order valence-corrected chi connectivity index (χ1v) is 15.0. The van der Waals surface area contributed by atoms with Gasteiger partial charge in [0.25, 0.3) is 5.95 Å². The maximum atomic E-state index is 13.7. The Morgan fingerprint density at radius 3 is 2.20 bits per heavy atom. The quantitative estimate of drug-likeness (QED) is 0.285. The molecule has 5 rings (SSSR count). The minimum Gasteiger partial charge on any atom is -0.550 e. The van der Waals surface area contributed by atoms with E-state index < -0.39 is 41.4 Å². The normalized spacial score (nSPS) is 20.5. The van der Waals surface area contributed by atoms with Gasteiger partial charge in [-0.05, 0) is 85.6 Å². The van der Waals surface area contributed by atoms with Crippen LogP contribution < -0.4 is 44.5 Å². The van der Waals surface area contributed by atoms with Gasteiger partial charge in [-0.15, -0.1) is 5.10 Å². The van der Waals surface area contributed by atoms with Gasteiger partial charge in [0.15, 0.2) is 0 Å². The van der Waals surface area contributed by atoms with Gasteiger partial charge in [-0.25, -0.2) is 0 Å². The van der Waals surface area contributed by atoms with Crippen LogP contribution in [0.1, 0.15) is 77.9 Å². The number of fused-ring (bicyclic) bond motifs is 1. The predicted molar refractivity (Wildman–Crippen MR) is 152 cm³/mol. The topological polar surface area (TPSA) is 90.2 Å². The Morgan fingerprint density at radius 2 is 1.61 bits per heavy atom. The fourth-order valence-corrected chi connectivity index (χ4v) is 6.96. The summed E-state index contributed by atoms with van der Waals surface area (Å²) in [5.41, 5.74) is 0.565. The first-order chi connectivity index (χ1) is 21.1. The summed E-state index contributed by atoms with van der Waals surface area (Å²) in [6, 6.07) is 5.03. The van der Waals surface area contributed by atoms with Crippen molar-refractivity contribution in [2.45, 2.75) is 77.3 Å². The van der Waals surface area contributed by atoms with Gasteiger partial charge in [0.1, 0.15) is 0 Å². The Morgan fingerprint density at radius 1 is 0.957 bits per heavy atom. The molecule has 0 saturated heterocycles. The van der Waals surface area contributed by atoms with Gasteiger partial charge < -0.3 is 19.7 Å². The molecule has 1 aliphatic heterocycles. The number of hydrogen-bond acceptors (Lipinski definition) is 7. The number of carboxylic acid groups (broad SMARTS) is 1. The summed E-state index contributed by atoms with van der Waals surface area (Å²) < 4.78 is 82.5. The molecule has 2 aromatic carbocycles. The maximum absolute atomic E-state index is 13.7. The van der Waals surface area contributed by atoms with E-state index in [2.05, 4.69) is 20.3 Å². The summed E-state index contributed by atoms with van der Waals surface area (Å²) in [4.78, 5) is 17.0. The number of aryl methyl sites for hydroxylation is 3. The molecule has 0 radical (unpaired) electrons. The molecule has 3 aromatic rings. The zero-order valence-corrected chi connectivity index (χ0v) is 28.3. The maximum Gasteiger partial charge on any atom is 1.00 e. The molecule has 2 aliphatic rings. The molecular formula is C31H35F6N6NaO2. The van der Waals surface area contributed by atoms with Crippen LogP contribution in [0.25, 0.3) is 0 Å². The monoisotopic (exact) mass is 660 g/mol. The van der Waals surface area contributed by atoms with Crippen LogP contribution in [0.15, 0.2) is 30.3 Å². The van der Waals surface area contributed by atoms with E-state index in [1.54, 1.807) is 4.90 Å². The zero-order chi connectivity index (χ0) is 32.7. The number of halogens is 6. The second kappa shape index (κ2) is 14.1. The number of carboxylic acids is 1. The van der Waals surface area contributed by atoms with Crippen LogP contribution in [-0.2, 0) is 30.7 Å². The van der Waals surface area contributed by atoms with E-state index >= 15 is 0 Å². The van der Waals surface area contributed by atoms with E-state index in [9.17, 15) is 36.2 Å². The second-order valence-electron chi connectivity index (χ2n) is 12.2. The smallest absolute Gasteiger partial charge is 0.550 e. The van der Waals surface area contributed by atoms with E-state index in [-0.39, 0.29) is 59.6 Å². The molecule has 1 aromatic heterocycles. The third-order valence-electron chi connectivity index (χ3n) is 8.85. The Balaban J connectivity index is 0.00000480. The molecule has 1 saturated carbocycles. The van der Waals surface area contributed by atoms with Crippen molar-refractivity contribution in [3.05, 3.63) is 63.7 Å². The number of carbonyl (C=O) groups is 1. The average Bonchev–Trinajstić information content (AvgIpc) is 3.30. The molecular weight excluding hydrogens is 625 g/mol. The third kappa shape index (κ3) is 7.99. The van der Waals surface area contributed by atoms with Crippen LogP contribution in [0.3, 0.4) is 0 Å². The fourth-order valence-electron chi connectivity index (χ4n) is 6.96. The molecule has 0 bridgehead atoms. The summed E-state index contributed by atoms with van der Waals surface area (Å²) in [5, 5.41) is 24.3. The molecule has 0 amide bonds. The Bertz CT molecular complexity index is 1510. The number of benzene rings is 2. The predicted octanol–water partition coefficient (Wildman–Crippen LogP) is 2.77. The number of carbonyl (C=O) groups excluding carboxylic acids is 1. The van der Waals surface area contributed by atoms with Gasteiger partial charge in [0.2, 0.25) is 0 Å². The average molecular weight is 661 g/mol. The van der Waals surface area contributed by atoms with E-state index in [1.165, 1.54) is 11.8 Å². The number of rotatable bonds is 7. The first kappa shape index (κ1) is 36.0. The molecule has 244 valence electrons. The standard InChI is InChI=1S/C31H36F6N6O2.Na/c1-18-11-19(2)27-25(12-18)26(9-6-10-42(27)17-21-7-4-5-8-24(21)28(44)45)43(29-38-40-41(3)39-29)16-20-13-22(30(32,33)34)15-23(14-20)31(35,36)37;/h11-15,21,24,26H,4-10,16-17H2,1-3H3,(H,44,45);/q;+1/p-1/t21-,24+,26-;/m0./s1. The van der Waals surface area contributed by atoms with Gasteiger partial charge in [-0.2, -0.15) is 31.1 Å². The van der Waals surface area contributed by atoms with Crippen molar-refractivity contribution in [2.24, 2.45) is 18.9 Å². The summed E-state index contributed by atoms with van der Waals surface area (Å²) in [6.07, 6.45) is -5.80. The number of aliphatic carboxylic acids is 1. The van der Waals surface area contributed by atoms with Crippen LogP contribution in [0, 0.1) is 25.7 Å². The molecule has 0 spiro atoms. The zero-order valence-electron chi connectivity index (χ0n) is 26.3. The molecule has 3 atom stereocenters. The molecule has 8 nitrogen and oxygen atoms in total. The molecule has 0 N–H and O–H groups in total. The van der Waals surface area contributed by atoms with Crippen molar-refractivity contribution in [1.82, 2.24) is 20.2 Å². The van der Waals surface area contributed by atoms with Gasteiger partial charge in [-0.3, -0.25) is 0 Å². The summed E-state index contributed by atoms with van der Waals surface area (Å²) in [5.74, 6) is -1.66. The van der Waals surface area contributed by atoms with Crippen molar-refractivity contribution >= 4 is 17.6 Å². The van der Waals surface area contributed by atoms with Gasteiger partial charge in [0.05, 0.1) is 24.2 Å². The van der Waals surface area contributed by atoms with Crippen LogP contribution in [0.5, 0.6) is 0 Å². The van der Waals surface area contributed by atoms with Crippen molar-refractivity contribution in [3.8, 4) is 0 Å². The van der Waals surface area contributed by atoms with Crippen LogP contribution in [-0.4, -0.2) is 39.3 Å². The minimum absolute atomic E-state index is 0. The molecule has 0 unspecified atom stereocenters. The van der Waals surface area contributed by atoms with E-state index in [0.717, 1.165) is 53.8 Å². The number of alkyl halides is 6. The Kier molecular flexibility index (Phi) is 11.0.